The Morgan fingerprint density at radius 2 is 2.00 bits per heavy atom. The second-order valence-corrected chi connectivity index (χ2v) is 5.62. The van der Waals surface area contributed by atoms with E-state index in [0.29, 0.717) is 24.6 Å². The molecule has 5 nitrogen and oxygen atoms in total. The molecule has 0 saturated heterocycles. The number of rotatable bonds is 7. The van der Waals surface area contributed by atoms with Gasteiger partial charge in [0.25, 0.3) is 0 Å². The van der Waals surface area contributed by atoms with Crippen LogP contribution in [0, 0.1) is 0 Å². The Morgan fingerprint density at radius 1 is 1.27 bits per heavy atom. The number of ether oxygens (including phenoxy) is 1. The summed E-state index contributed by atoms with van der Waals surface area (Å²) in [6.07, 6.45) is 1.99. The van der Waals surface area contributed by atoms with Crippen LogP contribution in [0.2, 0.25) is 0 Å². The molecule has 0 unspecified atom stereocenters. The summed E-state index contributed by atoms with van der Waals surface area (Å²) < 4.78 is 31.6. The molecule has 1 aromatic heterocycles. The lowest BCUT2D eigenvalue weighted by Crippen LogP contribution is -2.38. The van der Waals surface area contributed by atoms with Crippen molar-refractivity contribution >= 4 is 29.9 Å². The number of benzene rings is 1. The van der Waals surface area contributed by atoms with Crippen LogP contribution in [0.1, 0.15) is 18.2 Å². The molecule has 1 heterocycles. The molecular weight excluding hydrogens is 453 g/mol. The predicted octanol–water partition coefficient (Wildman–Crippen LogP) is 3.84. The van der Waals surface area contributed by atoms with Gasteiger partial charge in [-0.15, -0.1) is 24.0 Å². The van der Waals surface area contributed by atoms with Crippen LogP contribution in [0.25, 0.3) is 0 Å². The fourth-order valence-electron chi connectivity index (χ4n) is 2.45. The number of guanidine groups is 1. The first-order valence-corrected chi connectivity index (χ1v) is 8.13. The van der Waals surface area contributed by atoms with Gasteiger partial charge >= 0.3 is 6.61 Å². The third kappa shape index (κ3) is 6.47. The number of hydrogen-bond acceptors (Lipinski definition) is 2. The van der Waals surface area contributed by atoms with E-state index in [1.807, 2.05) is 48.8 Å². The van der Waals surface area contributed by atoms with Crippen molar-refractivity contribution in [2.24, 2.45) is 12.0 Å². The van der Waals surface area contributed by atoms with Gasteiger partial charge in [0.05, 0.1) is 13.1 Å². The van der Waals surface area contributed by atoms with E-state index in [0.717, 1.165) is 5.69 Å². The van der Waals surface area contributed by atoms with Gasteiger partial charge in [0.1, 0.15) is 5.75 Å². The van der Waals surface area contributed by atoms with Gasteiger partial charge in [-0.3, -0.25) is 0 Å². The van der Waals surface area contributed by atoms with Crippen molar-refractivity contribution in [3.05, 3.63) is 53.9 Å². The highest BCUT2D eigenvalue weighted by Gasteiger charge is 2.11. The molecule has 0 aliphatic rings. The highest BCUT2D eigenvalue weighted by molar-refractivity contribution is 14.0. The van der Waals surface area contributed by atoms with Gasteiger partial charge in [0.15, 0.2) is 5.96 Å². The summed E-state index contributed by atoms with van der Waals surface area (Å²) in [5.74, 6) is 0.859. The number of alkyl halides is 2. The minimum Gasteiger partial charge on any atom is -0.434 e. The molecule has 0 atom stereocenters. The predicted molar refractivity (Wildman–Crippen MR) is 110 cm³/mol. The van der Waals surface area contributed by atoms with E-state index < -0.39 is 6.61 Å². The lowest BCUT2D eigenvalue weighted by Gasteiger charge is -2.22. The molecule has 0 spiro atoms. The number of aryl methyl sites for hydroxylation is 1. The molecule has 8 heteroatoms. The molecule has 0 aliphatic carbocycles. The summed E-state index contributed by atoms with van der Waals surface area (Å²) in [4.78, 5) is 6.55. The minimum absolute atomic E-state index is 0. The van der Waals surface area contributed by atoms with Gasteiger partial charge in [0.2, 0.25) is 0 Å². The summed E-state index contributed by atoms with van der Waals surface area (Å²) in [5.41, 5.74) is 1.76. The van der Waals surface area contributed by atoms with Crippen molar-refractivity contribution in [1.82, 2.24) is 14.8 Å². The largest absolute Gasteiger partial charge is 0.434 e. The molecular formula is C18H25F2IN4O. The van der Waals surface area contributed by atoms with E-state index in [2.05, 4.69) is 15.0 Å². The van der Waals surface area contributed by atoms with E-state index in [9.17, 15) is 8.78 Å². The van der Waals surface area contributed by atoms with Crippen molar-refractivity contribution in [3.8, 4) is 5.75 Å². The average Bonchev–Trinajstić information content (AvgIpc) is 2.97. The zero-order valence-electron chi connectivity index (χ0n) is 15.2. The maximum Gasteiger partial charge on any atom is 0.387 e. The molecule has 144 valence electrons. The SMILES string of the molecule is CCNC(=NCc1ccccc1OC(F)F)N(C)Cc1cccn1C.I. The van der Waals surface area contributed by atoms with E-state index in [4.69, 9.17) is 0 Å². The van der Waals surface area contributed by atoms with Gasteiger partial charge in [0, 0.05) is 38.1 Å². The summed E-state index contributed by atoms with van der Waals surface area (Å²) in [7, 11) is 3.93. The second-order valence-electron chi connectivity index (χ2n) is 5.62. The van der Waals surface area contributed by atoms with Gasteiger partial charge in [-0.2, -0.15) is 8.78 Å². The third-order valence-electron chi connectivity index (χ3n) is 3.73. The highest BCUT2D eigenvalue weighted by atomic mass is 127. The van der Waals surface area contributed by atoms with Crippen molar-refractivity contribution in [2.45, 2.75) is 26.6 Å². The van der Waals surface area contributed by atoms with E-state index >= 15 is 0 Å². The van der Waals surface area contributed by atoms with Crippen molar-refractivity contribution in [1.29, 1.82) is 0 Å². The fourth-order valence-corrected chi connectivity index (χ4v) is 2.45. The molecule has 26 heavy (non-hydrogen) atoms. The molecule has 2 rings (SSSR count). The lowest BCUT2D eigenvalue weighted by molar-refractivity contribution is -0.0504. The summed E-state index contributed by atoms with van der Waals surface area (Å²) in [6, 6.07) is 10.7. The van der Waals surface area contributed by atoms with Crippen molar-refractivity contribution in [3.63, 3.8) is 0 Å². The Hall–Kier alpha value is -1.84. The Labute approximate surface area is 170 Å². The van der Waals surface area contributed by atoms with E-state index in [1.54, 1.807) is 18.2 Å². The van der Waals surface area contributed by atoms with Gasteiger partial charge < -0.3 is 19.5 Å². The zero-order chi connectivity index (χ0) is 18.2. The van der Waals surface area contributed by atoms with Crippen LogP contribution in [0.4, 0.5) is 8.78 Å². The van der Waals surface area contributed by atoms with E-state index in [-0.39, 0.29) is 36.3 Å². The number of aromatic nitrogens is 1. The molecule has 0 bridgehead atoms. The number of para-hydroxylation sites is 1. The van der Waals surface area contributed by atoms with Crippen LogP contribution in [-0.2, 0) is 20.1 Å². The van der Waals surface area contributed by atoms with Crippen LogP contribution >= 0.6 is 24.0 Å². The lowest BCUT2D eigenvalue weighted by atomic mass is 10.2. The van der Waals surface area contributed by atoms with Crippen LogP contribution < -0.4 is 10.1 Å². The van der Waals surface area contributed by atoms with Crippen molar-refractivity contribution in [2.75, 3.05) is 13.6 Å². The summed E-state index contributed by atoms with van der Waals surface area (Å²) in [5, 5.41) is 3.22. The monoisotopic (exact) mass is 478 g/mol. The number of halogens is 3. The molecule has 0 radical (unpaired) electrons. The number of nitrogens with zero attached hydrogens (tertiary/aromatic N) is 3. The Kier molecular flexibility index (Phi) is 9.39. The number of hydrogen-bond donors (Lipinski definition) is 1. The molecule has 0 saturated carbocycles. The third-order valence-corrected chi connectivity index (χ3v) is 3.73. The Morgan fingerprint density at radius 3 is 2.62 bits per heavy atom. The first kappa shape index (κ1) is 22.2. The van der Waals surface area contributed by atoms with Gasteiger partial charge in [-0.05, 0) is 25.1 Å². The average molecular weight is 478 g/mol. The zero-order valence-corrected chi connectivity index (χ0v) is 17.5. The van der Waals surface area contributed by atoms with Crippen LogP contribution in [0.5, 0.6) is 5.75 Å². The van der Waals surface area contributed by atoms with Crippen LogP contribution in [0.3, 0.4) is 0 Å². The highest BCUT2D eigenvalue weighted by Crippen LogP contribution is 2.21. The Bertz CT molecular complexity index is 706. The molecule has 1 aromatic carbocycles. The normalized spacial score (nSPS) is 11.2. The topological polar surface area (TPSA) is 41.8 Å². The van der Waals surface area contributed by atoms with Crippen molar-refractivity contribution < 1.29 is 13.5 Å². The molecule has 0 aliphatic heterocycles. The maximum atomic E-state index is 12.5. The number of nitrogens with one attached hydrogen (secondary N) is 1. The van der Waals surface area contributed by atoms with Crippen LogP contribution in [-0.4, -0.2) is 35.6 Å². The number of aliphatic imine (C=N–C) groups is 1. The standard InChI is InChI=1S/C18H24F2N4O.HI/c1-4-21-18(24(3)13-15-9-7-11-23(15)2)22-12-14-8-5-6-10-16(14)25-17(19)20;/h5-11,17H,4,12-13H2,1-3H3,(H,21,22);1H. The van der Waals surface area contributed by atoms with Crippen LogP contribution in [0.15, 0.2) is 47.6 Å². The quantitative estimate of drug-likeness (QED) is 0.374. The first-order valence-electron chi connectivity index (χ1n) is 8.13. The molecule has 1 N–H and O–H groups in total. The van der Waals surface area contributed by atoms with Gasteiger partial charge in [-0.25, -0.2) is 4.99 Å². The second kappa shape index (κ2) is 11.0. The maximum absolute atomic E-state index is 12.5. The molecule has 0 fully saturated rings. The van der Waals surface area contributed by atoms with E-state index in [1.165, 1.54) is 6.07 Å². The van der Waals surface area contributed by atoms with Gasteiger partial charge in [-0.1, -0.05) is 18.2 Å². The summed E-state index contributed by atoms with van der Waals surface area (Å²) in [6.45, 7) is 0.789. The smallest absolute Gasteiger partial charge is 0.387 e. The summed E-state index contributed by atoms with van der Waals surface area (Å²) >= 11 is 0. The molecule has 0 amide bonds. The Balaban J connectivity index is 0.00000338. The minimum atomic E-state index is -2.85. The molecule has 2 aromatic rings. The first-order chi connectivity index (χ1) is 12.0. The fraction of sp³-hybridized carbons (Fsp3) is 0.389.